The van der Waals surface area contributed by atoms with E-state index < -0.39 is 40.8 Å². The minimum atomic E-state index is -1.69. The third kappa shape index (κ3) is 4.97. The molecule has 12 heteroatoms. The molecule has 3 aromatic carbocycles. The van der Waals surface area contributed by atoms with Gasteiger partial charge in [-0.2, -0.15) is 0 Å². The Morgan fingerprint density at radius 3 is 1.55 bits per heavy atom. The maximum atomic E-state index is 13.1. The van der Waals surface area contributed by atoms with Gasteiger partial charge in [0.25, 0.3) is 11.8 Å². The van der Waals surface area contributed by atoms with Crippen molar-refractivity contribution in [2.75, 3.05) is 4.90 Å². The number of amides is 2. The van der Waals surface area contributed by atoms with Crippen LogP contribution in [-0.2, 0) is 0 Å². The summed E-state index contributed by atoms with van der Waals surface area (Å²) < 4.78 is 0. The molecule has 3 aromatic rings. The predicted molar refractivity (Wildman–Crippen MR) is 94.5 cm³/mol. The molecule has 33 heavy (non-hydrogen) atoms. The van der Waals surface area contributed by atoms with Crippen molar-refractivity contribution in [2.24, 2.45) is 0 Å². The van der Waals surface area contributed by atoms with E-state index in [1.807, 2.05) is 0 Å². The molecule has 1 aliphatic rings. The number of carbonyl (C=O) groups is 5. The van der Waals surface area contributed by atoms with Crippen LogP contribution in [0, 0.1) is 0 Å². The average molecular weight is 471 g/mol. The summed E-state index contributed by atoms with van der Waals surface area (Å²) in [6, 6.07) is 9.27. The SMILES string of the molecule is O=C([O-])c1cccc(N2C(=O)c3ccc(C(=O)[O-])c4c(C(=O)[O-])ccc(c34)C2=O)c1.[Na+].[Na+].[Na+]. The van der Waals surface area contributed by atoms with Gasteiger partial charge in [-0.1, -0.05) is 24.3 Å². The van der Waals surface area contributed by atoms with Gasteiger partial charge in [-0.05, 0) is 29.8 Å². The molecule has 1 aliphatic heterocycles. The van der Waals surface area contributed by atoms with Gasteiger partial charge < -0.3 is 29.7 Å². The van der Waals surface area contributed by atoms with Crippen molar-refractivity contribution in [1.82, 2.24) is 0 Å². The zero-order valence-corrected chi connectivity index (χ0v) is 23.8. The van der Waals surface area contributed by atoms with Crippen molar-refractivity contribution in [3.05, 3.63) is 76.3 Å². The van der Waals surface area contributed by atoms with Gasteiger partial charge in [0.15, 0.2) is 0 Å². The van der Waals surface area contributed by atoms with Gasteiger partial charge in [0.1, 0.15) is 0 Å². The minimum Gasteiger partial charge on any atom is -0.545 e. The van der Waals surface area contributed by atoms with Crippen molar-refractivity contribution in [1.29, 1.82) is 0 Å². The molecule has 2 amide bonds. The molecule has 148 valence electrons. The van der Waals surface area contributed by atoms with E-state index in [2.05, 4.69) is 0 Å². The summed E-state index contributed by atoms with van der Waals surface area (Å²) in [5, 5.41) is 33.6. The van der Waals surface area contributed by atoms with Gasteiger partial charge in [0, 0.05) is 33.0 Å². The molecule has 0 aromatic heterocycles. The number of carboxylic acids is 3. The second-order valence-electron chi connectivity index (χ2n) is 6.43. The number of anilines is 1. The first-order valence-corrected chi connectivity index (χ1v) is 8.45. The van der Waals surface area contributed by atoms with Gasteiger partial charge in [-0.25, -0.2) is 4.90 Å². The number of carboxylic acid groups (broad SMARTS) is 3. The van der Waals surface area contributed by atoms with Gasteiger partial charge in [0.05, 0.1) is 23.6 Å². The van der Waals surface area contributed by atoms with Crippen LogP contribution in [0.25, 0.3) is 10.8 Å². The average Bonchev–Trinajstić information content (AvgIpc) is 2.71. The molecule has 0 aliphatic carbocycles. The fourth-order valence-corrected chi connectivity index (χ4v) is 3.53. The Balaban J connectivity index is 0.00000181. The third-order valence-electron chi connectivity index (χ3n) is 4.81. The summed E-state index contributed by atoms with van der Waals surface area (Å²) in [7, 11) is 0. The van der Waals surface area contributed by atoms with Crippen LogP contribution in [0.4, 0.5) is 5.69 Å². The number of carbonyl (C=O) groups excluding carboxylic acids is 5. The van der Waals surface area contributed by atoms with Crippen LogP contribution in [0.3, 0.4) is 0 Å². The predicted octanol–water partition coefficient (Wildman–Crippen LogP) is -10.3. The van der Waals surface area contributed by atoms with E-state index in [0.29, 0.717) is 0 Å². The van der Waals surface area contributed by atoms with E-state index in [-0.39, 0.29) is 122 Å². The van der Waals surface area contributed by atoms with Crippen LogP contribution >= 0.6 is 0 Å². The third-order valence-corrected chi connectivity index (χ3v) is 4.81. The molecular weight excluding hydrogens is 463 g/mol. The van der Waals surface area contributed by atoms with Gasteiger partial charge in [-0.15, -0.1) is 0 Å². The number of rotatable bonds is 4. The molecule has 0 radical (unpaired) electrons. The minimum absolute atomic E-state index is 0. The first-order valence-electron chi connectivity index (χ1n) is 8.45. The van der Waals surface area contributed by atoms with E-state index in [0.717, 1.165) is 35.2 Å². The molecule has 0 spiro atoms. The van der Waals surface area contributed by atoms with Crippen LogP contribution in [-0.4, -0.2) is 29.7 Å². The standard InChI is InChI=1S/C21H11NO8.3Na/c23-17-11-4-6-13(20(27)28)16-14(21(29)30)7-5-12(15(11)16)18(24)22(17)10-3-1-2-9(8-10)19(25)26;;;/h1-8H,(H,25,26)(H,27,28)(H,29,30);;;/q;3*+1/p-3. The molecular formula is C21H8NNa3O8. The normalized spacial score (nSPS) is 11.7. The maximum Gasteiger partial charge on any atom is 1.00 e. The quantitative estimate of drug-likeness (QED) is 0.268. The van der Waals surface area contributed by atoms with E-state index >= 15 is 0 Å². The first-order chi connectivity index (χ1) is 14.2. The second-order valence-corrected chi connectivity index (χ2v) is 6.43. The van der Waals surface area contributed by atoms with Crippen LogP contribution in [0.2, 0.25) is 0 Å². The Bertz CT molecular complexity index is 1270. The molecule has 0 unspecified atom stereocenters. The van der Waals surface area contributed by atoms with Gasteiger partial charge in [-0.3, -0.25) is 9.59 Å². The van der Waals surface area contributed by atoms with Crippen molar-refractivity contribution in [3.8, 4) is 0 Å². The Labute approximate surface area is 252 Å². The van der Waals surface area contributed by atoms with Crippen LogP contribution in [0.1, 0.15) is 51.8 Å². The van der Waals surface area contributed by atoms with Gasteiger partial charge in [0.2, 0.25) is 0 Å². The number of hydrogen-bond donors (Lipinski definition) is 0. The summed E-state index contributed by atoms with van der Waals surface area (Å²) in [5.41, 5.74) is -1.59. The Morgan fingerprint density at radius 1 is 0.636 bits per heavy atom. The van der Waals surface area contributed by atoms with Crippen molar-refractivity contribution < 1.29 is 128 Å². The summed E-state index contributed by atoms with van der Waals surface area (Å²) in [6.45, 7) is 0. The van der Waals surface area contributed by atoms with E-state index in [1.54, 1.807) is 0 Å². The summed E-state index contributed by atoms with van der Waals surface area (Å²) >= 11 is 0. The molecule has 0 atom stereocenters. The number of hydrogen-bond acceptors (Lipinski definition) is 8. The fourth-order valence-electron chi connectivity index (χ4n) is 3.53. The van der Waals surface area contributed by atoms with Crippen LogP contribution in [0.15, 0.2) is 48.5 Å². The Hall–Kier alpha value is -1.53. The first kappa shape index (κ1) is 29.5. The zero-order chi connectivity index (χ0) is 21.7. The zero-order valence-electron chi connectivity index (χ0n) is 17.8. The van der Waals surface area contributed by atoms with Crippen molar-refractivity contribution >= 4 is 46.2 Å². The fraction of sp³-hybridized carbons (Fsp3) is 0. The van der Waals surface area contributed by atoms with E-state index in [1.165, 1.54) is 18.2 Å². The number of nitrogens with zero attached hydrogens (tertiary/aromatic N) is 1. The number of benzene rings is 3. The van der Waals surface area contributed by atoms with Crippen molar-refractivity contribution in [2.45, 2.75) is 0 Å². The monoisotopic (exact) mass is 471 g/mol. The molecule has 4 rings (SSSR count). The summed E-state index contributed by atoms with van der Waals surface area (Å²) in [5.74, 6) is -6.65. The van der Waals surface area contributed by atoms with Crippen molar-refractivity contribution in [3.63, 3.8) is 0 Å². The largest absolute Gasteiger partial charge is 1.00 e. The van der Waals surface area contributed by atoms with E-state index in [9.17, 15) is 39.3 Å². The molecule has 1 heterocycles. The topological polar surface area (TPSA) is 158 Å². The van der Waals surface area contributed by atoms with Gasteiger partial charge >= 0.3 is 88.7 Å². The Morgan fingerprint density at radius 2 is 1.12 bits per heavy atom. The molecule has 0 saturated carbocycles. The summed E-state index contributed by atoms with van der Waals surface area (Å²) in [4.78, 5) is 61.0. The van der Waals surface area contributed by atoms with E-state index in [4.69, 9.17) is 0 Å². The van der Waals surface area contributed by atoms with Crippen LogP contribution < -0.4 is 109 Å². The molecule has 0 N–H and O–H groups in total. The van der Waals surface area contributed by atoms with Crippen LogP contribution in [0.5, 0.6) is 0 Å². The Kier molecular flexibility index (Phi) is 10.1. The molecule has 9 nitrogen and oxygen atoms in total. The summed E-state index contributed by atoms with van der Waals surface area (Å²) in [6.07, 6.45) is 0. The molecule has 0 bridgehead atoms. The smallest absolute Gasteiger partial charge is 0.545 e. The number of imide groups is 1. The number of aromatic carboxylic acids is 3. The molecule has 0 fully saturated rings. The second kappa shape index (κ2) is 11.3. The maximum absolute atomic E-state index is 13.1. The molecule has 0 saturated heterocycles.